The van der Waals surface area contributed by atoms with Crippen molar-refractivity contribution in [3.63, 3.8) is 0 Å². The molecule has 0 atom stereocenters. The number of hydrogen-bond acceptors (Lipinski definition) is 3. The van der Waals surface area contributed by atoms with Crippen LogP contribution in [0.3, 0.4) is 0 Å². The van der Waals surface area contributed by atoms with Crippen LogP contribution in [0.2, 0.25) is 5.02 Å². The average Bonchev–Trinajstić information content (AvgIpc) is 2.35. The normalized spacial score (nSPS) is 10.0. The van der Waals surface area contributed by atoms with E-state index in [1.54, 1.807) is 36.2 Å². The maximum atomic E-state index is 11.7. The van der Waals surface area contributed by atoms with Crippen molar-refractivity contribution in [3.8, 4) is 5.75 Å². The summed E-state index contributed by atoms with van der Waals surface area (Å²) < 4.78 is 5.45. The van der Waals surface area contributed by atoms with Crippen molar-refractivity contribution >= 4 is 34.7 Å². The first-order valence-corrected chi connectivity index (χ1v) is 6.68. The predicted molar refractivity (Wildman–Crippen MR) is 80.6 cm³/mol. The molecule has 4 nitrogen and oxygen atoms in total. The maximum absolute atomic E-state index is 11.7. The van der Waals surface area contributed by atoms with Gasteiger partial charge in [0.25, 0.3) is 0 Å². The molecule has 0 spiro atoms. The number of amides is 1. The summed E-state index contributed by atoms with van der Waals surface area (Å²) in [7, 11) is 1.72. The highest BCUT2D eigenvalue weighted by molar-refractivity contribution is 7.80. The largest absolute Gasteiger partial charge is 0.493 e. The fourth-order valence-electron chi connectivity index (χ4n) is 1.41. The summed E-state index contributed by atoms with van der Waals surface area (Å²) >= 11 is 10.6. The Morgan fingerprint density at radius 2 is 2.21 bits per heavy atom. The van der Waals surface area contributed by atoms with Gasteiger partial charge < -0.3 is 15.4 Å². The quantitative estimate of drug-likeness (QED) is 0.785. The summed E-state index contributed by atoms with van der Waals surface area (Å²) in [4.78, 5) is 13.8. The molecular formula is C13H17ClN2O2S. The van der Waals surface area contributed by atoms with Gasteiger partial charge in [0, 0.05) is 25.0 Å². The molecule has 0 aromatic heterocycles. The summed E-state index contributed by atoms with van der Waals surface area (Å²) in [5.41, 5.74) is 5.39. The van der Waals surface area contributed by atoms with E-state index in [1.807, 2.05) is 0 Å². The van der Waals surface area contributed by atoms with E-state index >= 15 is 0 Å². The number of hydrogen-bond donors (Lipinski definition) is 1. The molecule has 0 saturated carbocycles. The number of thiocarbonyl (C=S) groups is 1. The molecule has 1 aromatic rings. The molecule has 0 heterocycles. The van der Waals surface area contributed by atoms with Crippen molar-refractivity contribution in [2.45, 2.75) is 12.8 Å². The van der Waals surface area contributed by atoms with Gasteiger partial charge in [0.05, 0.1) is 18.0 Å². The topological polar surface area (TPSA) is 55.6 Å². The Morgan fingerprint density at radius 1 is 1.47 bits per heavy atom. The second-order valence-electron chi connectivity index (χ2n) is 4.09. The summed E-state index contributed by atoms with van der Waals surface area (Å²) in [6.07, 6.45) is 0.840. The number of rotatable bonds is 7. The van der Waals surface area contributed by atoms with Gasteiger partial charge in [0.1, 0.15) is 5.75 Å². The number of carbonyl (C=O) groups excluding carboxylic acids is 1. The van der Waals surface area contributed by atoms with E-state index in [2.05, 4.69) is 0 Å². The SMILES string of the molecule is CN(CCC(N)=S)C(=O)CCOc1cccc(Cl)c1. The lowest BCUT2D eigenvalue weighted by molar-refractivity contribution is -0.130. The molecule has 19 heavy (non-hydrogen) atoms. The van der Waals surface area contributed by atoms with E-state index in [0.29, 0.717) is 41.8 Å². The first-order valence-electron chi connectivity index (χ1n) is 5.89. The molecule has 104 valence electrons. The molecule has 0 unspecified atom stereocenters. The first-order chi connectivity index (χ1) is 8.99. The maximum Gasteiger partial charge on any atom is 0.225 e. The zero-order valence-electron chi connectivity index (χ0n) is 10.8. The highest BCUT2D eigenvalue weighted by Crippen LogP contribution is 2.17. The van der Waals surface area contributed by atoms with Crippen LogP contribution in [0.5, 0.6) is 5.75 Å². The number of ether oxygens (including phenoxy) is 1. The Labute approximate surface area is 123 Å². The third kappa shape index (κ3) is 6.40. The summed E-state index contributed by atoms with van der Waals surface area (Å²) in [5.74, 6) is 0.657. The van der Waals surface area contributed by atoms with Crippen LogP contribution in [-0.4, -0.2) is 36.0 Å². The van der Waals surface area contributed by atoms with Gasteiger partial charge in [-0.25, -0.2) is 0 Å². The minimum absolute atomic E-state index is 0.00159. The van der Waals surface area contributed by atoms with Crippen molar-refractivity contribution in [1.29, 1.82) is 0 Å². The molecule has 0 saturated heterocycles. The van der Waals surface area contributed by atoms with E-state index in [9.17, 15) is 4.79 Å². The van der Waals surface area contributed by atoms with Crippen LogP contribution in [0, 0.1) is 0 Å². The molecule has 1 aromatic carbocycles. The van der Waals surface area contributed by atoms with Crippen molar-refractivity contribution in [1.82, 2.24) is 4.90 Å². The van der Waals surface area contributed by atoms with E-state index in [4.69, 9.17) is 34.3 Å². The van der Waals surface area contributed by atoms with Crippen molar-refractivity contribution in [2.75, 3.05) is 20.2 Å². The monoisotopic (exact) mass is 300 g/mol. The van der Waals surface area contributed by atoms with Crippen LogP contribution in [0.1, 0.15) is 12.8 Å². The minimum atomic E-state index is -0.00159. The predicted octanol–water partition coefficient (Wildman–Crippen LogP) is 2.24. The number of nitrogens with zero attached hydrogens (tertiary/aromatic N) is 1. The van der Waals surface area contributed by atoms with Crippen LogP contribution in [0.4, 0.5) is 0 Å². The average molecular weight is 301 g/mol. The number of benzene rings is 1. The Hall–Kier alpha value is -1.33. The van der Waals surface area contributed by atoms with Gasteiger partial charge in [0.2, 0.25) is 5.91 Å². The lowest BCUT2D eigenvalue weighted by Gasteiger charge is -2.16. The van der Waals surface area contributed by atoms with Gasteiger partial charge in [-0.15, -0.1) is 0 Å². The van der Waals surface area contributed by atoms with Gasteiger partial charge in [-0.2, -0.15) is 0 Å². The van der Waals surface area contributed by atoms with Crippen LogP contribution >= 0.6 is 23.8 Å². The zero-order valence-corrected chi connectivity index (χ0v) is 12.3. The second-order valence-corrected chi connectivity index (χ2v) is 5.05. The fourth-order valence-corrected chi connectivity index (χ4v) is 1.68. The lowest BCUT2D eigenvalue weighted by Crippen LogP contribution is -2.30. The van der Waals surface area contributed by atoms with Crippen molar-refractivity contribution < 1.29 is 9.53 Å². The molecule has 2 N–H and O–H groups in total. The van der Waals surface area contributed by atoms with E-state index in [1.165, 1.54) is 0 Å². The Bertz CT molecular complexity index is 454. The van der Waals surface area contributed by atoms with E-state index < -0.39 is 0 Å². The third-order valence-corrected chi connectivity index (χ3v) is 2.94. The van der Waals surface area contributed by atoms with Gasteiger partial charge in [0.15, 0.2) is 0 Å². The minimum Gasteiger partial charge on any atom is -0.493 e. The van der Waals surface area contributed by atoms with Crippen LogP contribution in [0.25, 0.3) is 0 Å². The molecule has 0 fully saturated rings. The molecule has 1 rings (SSSR count). The van der Waals surface area contributed by atoms with Crippen molar-refractivity contribution in [3.05, 3.63) is 29.3 Å². The van der Waals surface area contributed by atoms with Crippen molar-refractivity contribution in [2.24, 2.45) is 5.73 Å². The van der Waals surface area contributed by atoms with Crippen LogP contribution < -0.4 is 10.5 Å². The van der Waals surface area contributed by atoms with E-state index in [-0.39, 0.29) is 5.91 Å². The highest BCUT2D eigenvalue weighted by Gasteiger charge is 2.09. The third-order valence-electron chi connectivity index (χ3n) is 2.50. The van der Waals surface area contributed by atoms with Crippen LogP contribution in [-0.2, 0) is 4.79 Å². The number of nitrogens with two attached hydrogens (primary N) is 1. The van der Waals surface area contributed by atoms with E-state index in [0.717, 1.165) is 0 Å². The van der Waals surface area contributed by atoms with Gasteiger partial charge in [-0.1, -0.05) is 29.9 Å². The van der Waals surface area contributed by atoms with Crippen LogP contribution in [0.15, 0.2) is 24.3 Å². The molecule has 0 bridgehead atoms. The Kier molecular flexibility index (Phi) is 6.59. The molecule has 0 aliphatic carbocycles. The highest BCUT2D eigenvalue weighted by atomic mass is 35.5. The Morgan fingerprint density at radius 3 is 2.84 bits per heavy atom. The van der Waals surface area contributed by atoms with Gasteiger partial charge >= 0.3 is 0 Å². The first kappa shape index (κ1) is 15.7. The molecule has 0 aliphatic heterocycles. The lowest BCUT2D eigenvalue weighted by atomic mass is 10.3. The molecule has 0 radical (unpaired) electrons. The number of carbonyl (C=O) groups is 1. The summed E-state index contributed by atoms with van der Waals surface area (Å²) in [5, 5.41) is 0.609. The zero-order chi connectivity index (χ0) is 14.3. The molecular weight excluding hydrogens is 284 g/mol. The fraction of sp³-hybridized carbons (Fsp3) is 0.385. The van der Waals surface area contributed by atoms with Gasteiger partial charge in [-0.05, 0) is 18.2 Å². The molecule has 1 amide bonds. The summed E-state index contributed by atoms with van der Waals surface area (Å²) in [6, 6.07) is 7.08. The second kappa shape index (κ2) is 7.96. The number of halogens is 1. The molecule has 0 aliphatic rings. The standard InChI is InChI=1S/C13H17ClN2O2S/c1-16(7-5-12(15)19)13(17)6-8-18-11-4-2-3-10(14)9-11/h2-4,9H,5-8H2,1H3,(H2,15,19). The van der Waals surface area contributed by atoms with Gasteiger partial charge in [-0.3, -0.25) is 4.79 Å². The summed E-state index contributed by atoms with van der Waals surface area (Å²) in [6.45, 7) is 0.849. The smallest absolute Gasteiger partial charge is 0.225 e. The Balaban J connectivity index is 2.28. The molecule has 6 heteroatoms.